The molecule has 0 bridgehead atoms. The maximum absolute atomic E-state index is 3.75. The third-order valence-corrected chi connectivity index (χ3v) is 6.55. The van der Waals surface area contributed by atoms with E-state index in [2.05, 4.69) is 52.3 Å². The molecule has 2 heterocycles. The molecule has 0 saturated carbocycles. The molecule has 0 fully saturated rings. The fourth-order valence-corrected chi connectivity index (χ4v) is 5.51. The van der Waals surface area contributed by atoms with Gasteiger partial charge >= 0.3 is 0 Å². The van der Waals surface area contributed by atoms with E-state index < -0.39 is 0 Å². The van der Waals surface area contributed by atoms with Crippen molar-refractivity contribution >= 4 is 45.3 Å². The molecule has 1 unspecified atom stereocenters. The summed E-state index contributed by atoms with van der Waals surface area (Å²) in [7, 11) is 0. The maximum Gasteiger partial charge on any atom is 0.0659 e. The normalized spacial score (nSPS) is 18.9. The van der Waals surface area contributed by atoms with Crippen LogP contribution in [0.4, 0.5) is 0 Å². The Morgan fingerprint density at radius 3 is 3.17 bits per heavy atom. The Balaban J connectivity index is 1.73. The van der Waals surface area contributed by atoms with Gasteiger partial charge in [-0.1, -0.05) is 0 Å². The van der Waals surface area contributed by atoms with Crippen molar-refractivity contribution in [2.24, 2.45) is 0 Å². The van der Waals surface area contributed by atoms with Gasteiger partial charge in [0.1, 0.15) is 0 Å². The van der Waals surface area contributed by atoms with Gasteiger partial charge in [-0.15, -0.1) is 22.7 Å². The minimum absolute atomic E-state index is 0.565. The third kappa shape index (κ3) is 2.66. The van der Waals surface area contributed by atoms with E-state index in [1.165, 1.54) is 32.6 Å². The standard InChI is InChI=1S/C14H16INS2/c1-9-5-6-17-13(9)8-16-11-3-2-4-12-10(11)7-14(15)18-12/h5-7,11,16H,2-4,8H2,1H3. The summed E-state index contributed by atoms with van der Waals surface area (Å²) in [6, 6.07) is 5.15. The minimum atomic E-state index is 0.565. The van der Waals surface area contributed by atoms with E-state index in [-0.39, 0.29) is 0 Å². The molecule has 1 N–H and O–H groups in total. The van der Waals surface area contributed by atoms with Crippen LogP contribution in [0.1, 0.15) is 39.8 Å². The lowest BCUT2D eigenvalue weighted by molar-refractivity contribution is 0.464. The molecule has 0 saturated heterocycles. The third-order valence-electron chi connectivity index (χ3n) is 3.56. The summed E-state index contributed by atoms with van der Waals surface area (Å²) in [6.07, 6.45) is 3.88. The lowest BCUT2D eigenvalue weighted by Crippen LogP contribution is -2.23. The zero-order chi connectivity index (χ0) is 12.5. The van der Waals surface area contributed by atoms with E-state index in [0.717, 1.165) is 6.54 Å². The number of nitrogens with one attached hydrogen (secondary N) is 1. The second kappa shape index (κ2) is 5.61. The average molecular weight is 389 g/mol. The largest absolute Gasteiger partial charge is 0.305 e. The molecule has 1 aliphatic carbocycles. The molecule has 0 amide bonds. The van der Waals surface area contributed by atoms with Crippen molar-refractivity contribution in [2.75, 3.05) is 0 Å². The van der Waals surface area contributed by atoms with Crippen molar-refractivity contribution in [1.82, 2.24) is 5.32 Å². The molecule has 2 aromatic heterocycles. The van der Waals surface area contributed by atoms with E-state index in [4.69, 9.17) is 0 Å². The molecule has 0 spiro atoms. The van der Waals surface area contributed by atoms with Crippen LogP contribution in [0.5, 0.6) is 0 Å². The van der Waals surface area contributed by atoms with Crippen LogP contribution < -0.4 is 5.32 Å². The molecular weight excluding hydrogens is 373 g/mol. The van der Waals surface area contributed by atoms with Gasteiger partial charge in [0.15, 0.2) is 0 Å². The van der Waals surface area contributed by atoms with Crippen LogP contribution >= 0.6 is 45.3 Å². The zero-order valence-corrected chi connectivity index (χ0v) is 14.1. The predicted octanol–water partition coefficient (Wildman–Crippen LogP) is 4.89. The Morgan fingerprint density at radius 2 is 2.39 bits per heavy atom. The first kappa shape index (κ1) is 13.1. The van der Waals surface area contributed by atoms with Crippen LogP contribution in [0.2, 0.25) is 0 Å². The van der Waals surface area contributed by atoms with Crippen molar-refractivity contribution in [3.05, 3.63) is 41.3 Å². The van der Waals surface area contributed by atoms with Gasteiger partial charge in [0.05, 0.1) is 2.88 Å². The lowest BCUT2D eigenvalue weighted by Gasteiger charge is -2.23. The van der Waals surface area contributed by atoms with Crippen molar-refractivity contribution in [3.63, 3.8) is 0 Å². The molecule has 1 aliphatic rings. The molecule has 96 valence electrons. The van der Waals surface area contributed by atoms with Crippen LogP contribution in [0.3, 0.4) is 0 Å². The molecule has 18 heavy (non-hydrogen) atoms. The van der Waals surface area contributed by atoms with Gasteiger partial charge in [-0.25, -0.2) is 0 Å². The molecule has 2 aromatic rings. The first-order valence-electron chi connectivity index (χ1n) is 6.28. The average Bonchev–Trinajstić information content (AvgIpc) is 2.91. The second-order valence-electron chi connectivity index (χ2n) is 4.78. The van der Waals surface area contributed by atoms with Crippen LogP contribution in [0.25, 0.3) is 0 Å². The Labute approximate surface area is 130 Å². The highest BCUT2D eigenvalue weighted by molar-refractivity contribution is 14.1. The van der Waals surface area contributed by atoms with E-state index in [0.29, 0.717) is 6.04 Å². The number of hydrogen-bond donors (Lipinski definition) is 1. The summed E-state index contributed by atoms with van der Waals surface area (Å²) in [4.78, 5) is 3.08. The van der Waals surface area contributed by atoms with E-state index in [1.54, 1.807) is 10.4 Å². The number of rotatable bonds is 3. The molecule has 0 radical (unpaired) electrons. The van der Waals surface area contributed by atoms with Gasteiger partial charge in [0.25, 0.3) is 0 Å². The van der Waals surface area contributed by atoms with Gasteiger partial charge in [-0.2, -0.15) is 0 Å². The van der Waals surface area contributed by atoms with Crippen molar-refractivity contribution in [3.8, 4) is 0 Å². The maximum atomic E-state index is 3.75. The molecule has 4 heteroatoms. The predicted molar refractivity (Wildman–Crippen MR) is 88.6 cm³/mol. The topological polar surface area (TPSA) is 12.0 Å². The molecule has 1 atom stereocenters. The quantitative estimate of drug-likeness (QED) is 0.738. The van der Waals surface area contributed by atoms with Crippen molar-refractivity contribution in [1.29, 1.82) is 0 Å². The summed E-state index contributed by atoms with van der Waals surface area (Å²) < 4.78 is 1.43. The molecule has 0 aliphatic heterocycles. The minimum Gasteiger partial charge on any atom is -0.305 e. The van der Waals surface area contributed by atoms with Gasteiger partial charge in [0, 0.05) is 22.3 Å². The Hall–Kier alpha value is 0.0900. The molecule has 0 aromatic carbocycles. The van der Waals surface area contributed by atoms with Crippen molar-refractivity contribution in [2.45, 2.75) is 38.8 Å². The Bertz CT molecular complexity index is 544. The highest BCUT2D eigenvalue weighted by atomic mass is 127. The molecule has 3 rings (SSSR count). The SMILES string of the molecule is Cc1ccsc1CNC1CCCc2sc(I)cc21. The summed E-state index contributed by atoms with van der Waals surface area (Å²) in [6.45, 7) is 3.22. The number of fused-ring (bicyclic) bond motifs is 1. The fraction of sp³-hybridized carbons (Fsp3) is 0.429. The Morgan fingerprint density at radius 1 is 1.50 bits per heavy atom. The van der Waals surface area contributed by atoms with Crippen LogP contribution in [0, 0.1) is 9.81 Å². The lowest BCUT2D eigenvalue weighted by atomic mass is 9.94. The van der Waals surface area contributed by atoms with Crippen LogP contribution in [0.15, 0.2) is 17.5 Å². The second-order valence-corrected chi connectivity index (χ2v) is 8.81. The smallest absolute Gasteiger partial charge is 0.0659 e. The number of hydrogen-bond acceptors (Lipinski definition) is 3. The summed E-state index contributed by atoms with van der Waals surface area (Å²) in [5.74, 6) is 0. The highest BCUT2D eigenvalue weighted by Gasteiger charge is 2.22. The van der Waals surface area contributed by atoms with Crippen LogP contribution in [-0.4, -0.2) is 0 Å². The van der Waals surface area contributed by atoms with Crippen LogP contribution in [-0.2, 0) is 13.0 Å². The first-order chi connectivity index (χ1) is 8.74. The highest BCUT2D eigenvalue weighted by Crippen LogP contribution is 2.36. The molecule has 1 nitrogen and oxygen atoms in total. The summed E-state index contributed by atoms with van der Waals surface area (Å²) >= 11 is 6.28. The first-order valence-corrected chi connectivity index (χ1v) is 9.06. The van der Waals surface area contributed by atoms with E-state index in [9.17, 15) is 0 Å². The molecular formula is C14H16INS2. The Kier molecular flexibility index (Phi) is 4.08. The number of thiophene rings is 2. The number of aryl methyl sites for hydroxylation is 2. The number of halogens is 1. The van der Waals surface area contributed by atoms with E-state index in [1.807, 2.05) is 22.7 Å². The van der Waals surface area contributed by atoms with Gasteiger partial charge in [0.2, 0.25) is 0 Å². The fourth-order valence-electron chi connectivity index (χ4n) is 2.53. The van der Waals surface area contributed by atoms with Crippen molar-refractivity contribution < 1.29 is 0 Å². The van der Waals surface area contributed by atoms with Gasteiger partial charge in [-0.05, 0) is 77.4 Å². The summed E-state index contributed by atoms with van der Waals surface area (Å²) in [5, 5.41) is 5.93. The zero-order valence-electron chi connectivity index (χ0n) is 10.3. The van der Waals surface area contributed by atoms with Gasteiger partial charge < -0.3 is 5.32 Å². The van der Waals surface area contributed by atoms with Gasteiger partial charge in [-0.3, -0.25) is 0 Å². The van der Waals surface area contributed by atoms with E-state index >= 15 is 0 Å². The monoisotopic (exact) mass is 389 g/mol. The summed E-state index contributed by atoms with van der Waals surface area (Å²) in [5.41, 5.74) is 2.98.